The Morgan fingerprint density at radius 2 is 2.23 bits per heavy atom. The summed E-state index contributed by atoms with van der Waals surface area (Å²) in [6, 6.07) is 9.84. The topological polar surface area (TPSA) is 85.8 Å². The Hall–Kier alpha value is -2.87. The molecule has 0 saturated carbocycles. The van der Waals surface area contributed by atoms with Crippen molar-refractivity contribution in [1.29, 1.82) is 0 Å². The third kappa shape index (κ3) is 3.79. The van der Waals surface area contributed by atoms with E-state index in [2.05, 4.69) is 34.3 Å². The summed E-state index contributed by atoms with van der Waals surface area (Å²) in [7, 11) is 0. The molecular weight excluding hydrogens is 384 g/mol. The van der Waals surface area contributed by atoms with Gasteiger partial charge in [-0.25, -0.2) is 9.78 Å². The van der Waals surface area contributed by atoms with E-state index in [0.717, 1.165) is 37.2 Å². The number of hydrogen-bond donors (Lipinski definition) is 1. The Bertz CT molecular complexity index is 924. The zero-order chi connectivity index (χ0) is 20.5. The summed E-state index contributed by atoms with van der Waals surface area (Å²) >= 11 is 0. The Morgan fingerprint density at radius 1 is 1.30 bits per heavy atom. The van der Waals surface area contributed by atoms with Crippen molar-refractivity contribution in [1.82, 2.24) is 9.97 Å². The predicted molar refractivity (Wildman–Crippen MR) is 113 cm³/mol. The number of amides is 1. The summed E-state index contributed by atoms with van der Waals surface area (Å²) in [5.41, 5.74) is 1.10. The molecule has 4 atom stereocenters. The van der Waals surface area contributed by atoms with E-state index >= 15 is 0 Å². The normalized spacial score (nSPS) is 28.4. The molecule has 1 amide bonds. The minimum Gasteiger partial charge on any atom is -0.488 e. The molecule has 3 aliphatic rings. The molecule has 8 heteroatoms. The van der Waals surface area contributed by atoms with Crippen LogP contribution in [0.5, 0.6) is 5.75 Å². The number of carbonyl (C=O) groups excluding carboxylic acids is 1. The highest BCUT2D eigenvalue weighted by molar-refractivity contribution is 5.89. The van der Waals surface area contributed by atoms with Gasteiger partial charge in [-0.05, 0) is 48.9 Å². The van der Waals surface area contributed by atoms with Crippen LogP contribution in [0.1, 0.15) is 39.2 Å². The Labute approximate surface area is 177 Å². The van der Waals surface area contributed by atoms with E-state index in [-0.39, 0.29) is 31.6 Å². The van der Waals surface area contributed by atoms with E-state index in [0.29, 0.717) is 25.0 Å². The monoisotopic (exact) mass is 412 g/mol. The molecule has 2 bridgehead atoms. The van der Waals surface area contributed by atoms with Gasteiger partial charge in [-0.1, -0.05) is 19.1 Å². The highest BCUT2D eigenvalue weighted by Crippen LogP contribution is 2.35. The first-order valence-corrected chi connectivity index (χ1v) is 10.6. The number of nitrogens with one attached hydrogen (secondary N) is 1. The highest BCUT2D eigenvalue weighted by Gasteiger charge is 2.40. The summed E-state index contributed by atoms with van der Waals surface area (Å²) in [4.78, 5) is 22.9. The van der Waals surface area contributed by atoms with Crippen LogP contribution >= 0.6 is 0 Å². The van der Waals surface area contributed by atoms with E-state index in [9.17, 15) is 4.79 Å². The lowest BCUT2D eigenvalue weighted by molar-refractivity contribution is 0.00739. The second-order valence-corrected chi connectivity index (χ2v) is 8.19. The molecule has 30 heavy (non-hydrogen) atoms. The molecular formula is C22H28N4O4. The average molecular weight is 412 g/mol. The number of aromatic nitrogens is 2. The molecule has 0 radical (unpaired) electrons. The number of hydrogen-bond acceptors (Lipinski definition) is 7. The van der Waals surface area contributed by atoms with Crippen LogP contribution in [0.2, 0.25) is 0 Å². The number of benzene rings is 1. The van der Waals surface area contributed by atoms with Gasteiger partial charge in [0.25, 0.3) is 0 Å². The van der Waals surface area contributed by atoms with Gasteiger partial charge in [-0.15, -0.1) is 0 Å². The number of rotatable bonds is 3. The van der Waals surface area contributed by atoms with Gasteiger partial charge >= 0.3 is 6.09 Å². The van der Waals surface area contributed by atoms with Gasteiger partial charge in [0.15, 0.2) is 0 Å². The summed E-state index contributed by atoms with van der Waals surface area (Å²) in [6.45, 7) is 3.97. The zero-order valence-corrected chi connectivity index (χ0v) is 17.0. The fraction of sp³-hybridized carbons (Fsp3) is 0.500. The number of carbonyl (C=O) groups is 1. The number of nitrogens with zero attached hydrogens (tertiary/aromatic N) is 3. The molecule has 2 aromatic rings. The zero-order valence-electron chi connectivity index (χ0n) is 17.0. The first-order chi connectivity index (χ1) is 14.7. The first kappa shape index (κ1) is 19.1. The van der Waals surface area contributed by atoms with Gasteiger partial charge in [-0.2, -0.15) is 4.98 Å². The van der Waals surface area contributed by atoms with Gasteiger partial charge in [0.05, 0.1) is 18.7 Å². The Kier molecular flexibility index (Phi) is 5.16. The molecule has 3 aliphatic heterocycles. The van der Waals surface area contributed by atoms with Crippen molar-refractivity contribution in [2.45, 2.75) is 44.4 Å². The van der Waals surface area contributed by atoms with E-state index in [1.54, 1.807) is 17.2 Å². The van der Waals surface area contributed by atoms with Gasteiger partial charge in [-0.3, -0.25) is 4.90 Å². The van der Waals surface area contributed by atoms with Crippen molar-refractivity contribution < 1.29 is 20.4 Å². The van der Waals surface area contributed by atoms with Crippen LogP contribution in [0.3, 0.4) is 0 Å². The Morgan fingerprint density at radius 3 is 3.10 bits per heavy atom. The highest BCUT2D eigenvalue weighted by atomic mass is 16.6. The molecule has 1 aromatic carbocycles. The maximum atomic E-state index is 12.3. The van der Waals surface area contributed by atoms with Crippen molar-refractivity contribution in [3.05, 3.63) is 42.1 Å². The van der Waals surface area contributed by atoms with Crippen molar-refractivity contribution in [2.75, 3.05) is 30.0 Å². The third-order valence-corrected chi connectivity index (χ3v) is 6.04. The Balaban J connectivity index is 0.00000231. The SMILES string of the molecule is CC1C[C@@H](c2cccc(OC3CCCOC3)c2)Nc2nccc(n2)N2C(=O)OC[C@H]12.[HH]. The molecule has 1 aromatic heterocycles. The molecule has 2 saturated heterocycles. The molecule has 5 rings (SSSR count). The smallest absolute Gasteiger partial charge is 0.415 e. The number of anilines is 2. The molecule has 8 nitrogen and oxygen atoms in total. The summed E-state index contributed by atoms with van der Waals surface area (Å²) in [5, 5.41) is 3.46. The lowest BCUT2D eigenvalue weighted by atomic mass is 9.90. The van der Waals surface area contributed by atoms with E-state index in [4.69, 9.17) is 14.2 Å². The molecule has 4 heterocycles. The molecule has 1 N–H and O–H groups in total. The molecule has 0 aliphatic carbocycles. The second-order valence-electron chi connectivity index (χ2n) is 8.19. The summed E-state index contributed by atoms with van der Waals surface area (Å²) in [5.74, 6) is 2.10. The van der Waals surface area contributed by atoms with Gasteiger partial charge in [0, 0.05) is 14.2 Å². The van der Waals surface area contributed by atoms with E-state index < -0.39 is 0 Å². The molecule has 2 fully saturated rings. The lowest BCUT2D eigenvalue weighted by Gasteiger charge is -2.27. The molecule has 160 valence electrons. The van der Waals surface area contributed by atoms with Crippen LogP contribution < -0.4 is 15.0 Å². The first-order valence-electron chi connectivity index (χ1n) is 10.6. The number of cyclic esters (lactones) is 1. The largest absolute Gasteiger partial charge is 0.488 e. The van der Waals surface area contributed by atoms with Crippen LogP contribution in [0.4, 0.5) is 16.6 Å². The van der Waals surface area contributed by atoms with Gasteiger partial charge < -0.3 is 19.5 Å². The van der Waals surface area contributed by atoms with E-state index in [1.807, 2.05) is 12.1 Å². The second kappa shape index (κ2) is 8.10. The quantitative estimate of drug-likeness (QED) is 0.821. The van der Waals surface area contributed by atoms with Crippen LogP contribution in [0.25, 0.3) is 0 Å². The van der Waals surface area contributed by atoms with Crippen LogP contribution in [-0.4, -0.2) is 48.0 Å². The fourth-order valence-corrected chi connectivity index (χ4v) is 4.44. The third-order valence-electron chi connectivity index (χ3n) is 6.04. The van der Waals surface area contributed by atoms with Gasteiger partial charge in [0.1, 0.15) is 24.3 Å². The number of ether oxygens (including phenoxy) is 3. The standard InChI is InChI=1S/C22H26N4O4.H2/c1-14-10-18(15-4-2-5-16(11-15)30-17-6-3-9-28-12-17)24-21-23-8-7-20(25-21)26-19(14)13-29-22(26)27;/h2,4-5,7-8,11,14,17-19H,3,6,9-10,12-13H2,1H3,(H,23,24,25);1H/t14?,17?,18-,19+;/m0./s1. The van der Waals surface area contributed by atoms with E-state index in [1.165, 1.54) is 0 Å². The fourth-order valence-electron chi connectivity index (χ4n) is 4.44. The number of fused-ring (bicyclic) bond motifs is 4. The lowest BCUT2D eigenvalue weighted by Crippen LogP contribution is -2.39. The van der Waals surface area contributed by atoms with Crippen LogP contribution in [0.15, 0.2) is 36.5 Å². The van der Waals surface area contributed by atoms with Crippen molar-refractivity contribution >= 4 is 17.9 Å². The average Bonchev–Trinajstić information content (AvgIpc) is 3.16. The van der Waals surface area contributed by atoms with Crippen molar-refractivity contribution in [2.24, 2.45) is 5.92 Å². The predicted octanol–water partition coefficient (Wildman–Crippen LogP) is 3.80. The minimum atomic E-state index is -0.347. The van der Waals surface area contributed by atoms with Crippen molar-refractivity contribution in [3.8, 4) is 5.75 Å². The maximum Gasteiger partial charge on any atom is 0.415 e. The van der Waals surface area contributed by atoms with Crippen LogP contribution in [0, 0.1) is 5.92 Å². The molecule has 2 unspecified atom stereocenters. The van der Waals surface area contributed by atoms with Crippen molar-refractivity contribution in [3.63, 3.8) is 0 Å². The summed E-state index contributed by atoms with van der Waals surface area (Å²) < 4.78 is 17.0. The van der Waals surface area contributed by atoms with Crippen LogP contribution in [-0.2, 0) is 9.47 Å². The minimum absolute atomic E-state index is 0. The van der Waals surface area contributed by atoms with Gasteiger partial charge in [0.2, 0.25) is 5.95 Å². The molecule has 0 spiro atoms. The summed E-state index contributed by atoms with van der Waals surface area (Å²) in [6.07, 6.45) is 4.25. The maximum absolute atomic E-state index is 12.3.